The lowest BCUT2D eigenvalue weighted by Gasteiger charge is -2.21. The molecule has 2 heterocycles. The number of carbonyl (C=O) groups is 2. The minimum atomic E-state index is -1.11. The molecule has 1 aliphatic rings. The maximum absolute atomic E-state index is 12.9. The van der Waals surface area contributed by atoms with Crippen LogP contribution in [-0.4, -0.2) is 27.0 Å². The molecule has 2 aromatic carbocycles. The van der Waals surface area contributed by atoms with Crippen LogP contribution in [0.5, 0.6) is 0 Å². The van der Waals surface area contributed by atoms with E-state index in [-0.39, 0.29) is 18.3 Å². The summed E-state index contributed by atoms with van der Waals surface area (Å²) in [5.74, 6) is 0.191. The zero-order valence-corrected chi connectivity index (χ0v) is 14.0. The van der Waals surface area contributed by atoms with E-state index >= 15 is 0 Å². The Morgan fingerprint density at radius 1 is 1.00 bits per heavy atom. The third kappa shape index (κ3) is 2.63. The number of hydrogen-bond donors (Lipinski definition) is 1. The molecule has 7 nitrogen and oxygen atoms in total. The SMILES string of the molecule is CC1(c2ccccc2)NC(=O)N(Cc2nnc(-c3ccccc3)o2)C1=O. The maximum atomic E-state index is 12.9. The molecule has 0 bridgehead atoms. The molecule has 1 N–H and O–H groups in total. The first-order valence-electron chi connectivity index (χ1n) is 8.15. The maximum Gasteiger partial charge on any atom is 0.325 e. The van der Waals surface area contributed by atoms with Crippen LogP contribution in [0.15, 0.2) is 65.1 Å². The van der Waals surface area contributed by atoms with E-state index in [2.05, 4.69) is 15.5 Å². The number of rotatable bonds is 4. The first-order chi connectivity index (χ1) is 12.6. The molecular formula is C19H16N4O3. The quantitative estimate of drug-likeness (QED) is 0.732. The standard InChI is InChI=1S/C19H16N4O3/c1-19(14-10-6-3-7-11-14)17(24)23(18(25)20-19)12-15-21-22-16(26-15)13-8-4-2-5-9-13/h2-11H,12H2,1H3,(H,20,25). The number of aromatic nitrogens is 2. The number of nitrogens with one attached hydrogen (secondary N) is 1. The lowest BCUT2D eigenvalue weighted by atomic mass is 9.92. The third-order valence-corrected chi connectivity index (χ3v) is 4.41. The summed E-state index contributed by atoms with van der Waals surface area (Å²) in [4.78, 5) is 26.3. The molecular weight excluding hydrogens is 332 g/mol. The summed E-state index contributed by atoms with van der Waals surface area (Å²) >= 11 is 0. The van der Waals surface area contributed by atoms with Crippen molar-refractivity contribution in [3.8, 4) is 11.5 Å². The molecule has 1 unspecified atom stereocenters. The fraction of sp³-hybridized carbons (Fsp3) is 0.158. The average molecular weight is 348 g/mol. The fourth-order valence-corrected chi connectivity index (χ4v) is 2.96. The topological polar surface area (TPSA) is 88.3 Å². The predicted octanol–water partition coefficient (Wildman–Crippen LogP) is 2.70. The van der Waals surface area contributed by atoms with Crippen LogP contribution in [0.4, 0.5) is 4.79 Å². The van der Waals surface area contributed by atoms with Gasteiger partial charge in [0.05, 0.1) is 0 Å². The highest BCUT2D eigenvalue weighted by Gasteiger charge is 2.49. The van der Waals surface area contributed by atoms with Crippen LogP contribution in [0.3, 0.4) is 0 Å². The van der Waals surface area contributed by atoms with Gasteiger partial charge in [-0.2, -0.15) is 0 Å². The Kier molecular flexibility index (Phi) is 3.76. The molecule has 3 amide bonds. The van der Waals surface area contributed by atoms with E-state index in [1.807, 2.05) is 60.7 Å². The van der Waals surface area contributed by atoms with Crippen LogP contribution in [0.25, 0.3) is 11.5 Å². The van der Waals surface area contributed by atoms with E-state index in [1.54, 1.807) is 6.92 Å². The van der Waals surface area contributed by atoms with Crippen molar-refractivity contribution in [1.29, 1.82) is 0 Å². The monoisotopic (exact) mass is 348 g/mol. The fourth-order valence-electron chi connectivity index (χ4n) is 2.96. The Hall–Kier alpha value is -3.48. The van der Waals surface area contributed by atoms with Crippen LogP contribution in [-0.2, 0) is 16.9 Å². The summed E-state index contributed by atoms with van der Waals surface area (Å²) in [6.07, 6.45) is 0. The predicted molar refractivity (Wildman–Crippen MR) is 92.6 cm³/mol. The van der Waals surface area contributed by atoms with Crippen molar-refractivity contribution in [3.05, 3.63) is 72.1 Å². The normalized spacial score (nSPS) is 19.7. The van der Waals surface area contributed by atoms with Crippen LogP contribution in [0.1, 0.15) is 18.4 Å². The molecule has 0 saturated carbocycles. The molecule has 1 aliphatic heterocycles. The third-order valence-electron chi connectivity index (χ3n) is 4.41. The number of nitrogens with zero attached hydrogens (tertiary/aromatic N) is 3. The van der Waals surface area contributed by atoms with E-state index in [4.69, 9.17) is 4.42 Å². The Morgan fingerprint density at radius 3 is 2.35 bits per heavy atom. The van der Waals surface area contributed by atoms with Crippen molar-refractivity contribution >= 4 is 11.9 Å². The van der Waals surface area contributed by atoms with Crippen molar-refractivity contribution in [2.75, 3.05) is 0 Å². The van der Waals surface area contributed by atoms with Gasteiger partial charge in [-0.15, -0.1) is 10.2 Å². The summed E-state index contributed by atoms with van der Waals surface area (Å²) in [6.45, 7) is 1.61. The molecule has 7 heteroatoms. The molecule has 0 aliphatic carbocycles. The van der Waals surface area contributed by atoms with E-state index in [1.165, 1.54) is 0 Å². The van der Waals surface area contributed by atoms with Gasteiger partial charge in [0, 0.05) is 5.56 Å². The molecule has 1 atom stereocenters. The number of hydrogen-bond acceptors (Lipinski definition) is 5. The van der Waals surface area contributed by atoms with Gasteiger partial charge in [0.15, 0.2) is 0 Å². The van der Waals surface area contributed by atoms with Gasteiger partial charge in [-0.3, -0.25) is 9.69 Å². The van der Waals surface area contributed by atoms with Gasteiger partial charge in [-0.05, 0) is 24.6 Å². The molecule has 4 rings (SSSR count). The van der Waals surface area contributed by atoms with Crippen molar-refractivity contribution < 1.29 is 14.0 Å². The molecule has 0 spiro atoms. The molecule has 1 aromatic heterocycles. The minimum absolute atomic E-state index is 0.0765. The number of amides is 3. The lowest BCUT2D eigenvalue weighted by molar-refractivity contribution is -0.131. The Morgan fingerprint density at radius 2 is 1.65 bits per heavy atom. The summed E-state index contributed by atoms with van der Waals surface area (Å²) in [7, 11) is 0. The van der Waals surface area contributed by atoms with Gasteiger partial charge < -0.3 is 9.73 Å². The highest BCUT2D eigenvalue weighted by atomic mass is 16.4. The zero-order chi connectivity index (χ0) is 18.1. The Labute approximate surface area is 149 Å². The number of urea groups is 1. The van der Waals surface area contributed by atoms with Gasteiger partial charge in [-0.1, -0.05) is 48.5 Å². The number of imide groups is 1. The second-order valence-electron chi connectivity index (χ2n) is 6.18. The van der Waals surface area contributed by atoms with Gasteiger partial charge in [-0.25, -0.2) is 4.79 Å². The summed E-state index contributed by atoms with van der Waals surface area (Å²) in [6, 6.07) is 17.9. The van der Waals surface area contributed by atoms with E-state index < -0.39 is 11.6 Å². The van der Waals surface area contributed by atoms with Crippen molar-refractivity contribution in [2.24, 2.45) is 0 Å². The van der Waals surface area contributed by atoms with Gasteiger partial charge in [0.2, 0.25) is 11.8 Å². The van der Waals surface area contributed by atoms with E-state index in [9.17, 15) is 9.59 Å². The van der Waals surface area contributed by atoms with Crippen molar-refractivity contribution in [2.45, 2.75) is 19.0 Å². The highest BCUT2D eigenvalue weighted by molar-refractivity contribution is 6.07. The summed E-state index contributed by atoms with van der Waals surface area (Å²) in [5.41, 5.74) is 0.384. The first kappa shape index (κ1) is 16.0. The molecule has 26 heavy (non-hydrogen) atoms. The van der Waals surface area contributed by atoms with Gasteiger partial charge in [0.25, 0.3) is 5.91 Å². The minimum Gasteiger partial charge on any atom is -0.419 e. The van der Waals surface area contributed by atoms with Gasteiger partial charge in [0.1, 0.15) is 12.1 Å². The second-order valence-corrected chi connectivity index (χ2v) is 6.18. The zero-order valence-electron chi connectivity index (χ0n) is 14.0. The highest BCUT2D eigenvalue weighted by Crippen LogP contribution is 2.29. The van der Waals surface area contributed by atoms with E-state index in [0.29, 0.717) is 5.89 Å². The molecule has 0 radical (unpaired) electrons. The van der Waals surface area contributed by atoms with Crippen LogP contribution < -0.4 is 5.32 Å². The summed E-state index contributed by atoms with van der Waals surface area (Å²) < 4.78 is 5.61. The molecule has 3 aromatic rings. The van der Waals surface area contributed by atoms with Gasteiger partial charge >= 0.3 is 6.03 Å². The Bertz CT molecular complexity index is 955. The smallest absolute Gasteiger partial charge is 0.325 e. The second kappa shape index (κ2) is 6.11. The van der Waals surface area contributed by atoms with E-state index in [0.717, 1.165) is 16.0 Å². The summed E-state index contributed by atoms with van der Waals surface area (Å²) in [5, 5.41) is 10.7. The Balaban J connectivity index is 1.57. The number of benzene rings is 2. The molecule has 1 saturated heterocycles. The van der Waals surface area contributed by atoms with Crippen LogP contribution in [0.2, 0.25) is 0 Å². The van der Waals surface area contributed by atoms with Crippen LogP contribution in [0, 0.1) is 0 Å². The first-order valence-corrected chi connectivity index (χ1v) is 8.15. The molecule has 1 fully saturated rings. The van der Waals surface area contributed by atoms with Crippen LogP contribution >= 0.6 is 0 Å². The average Bonchev–Trinajstić information content (AvgIpc) is 3.23. The lowest BCUT2D eigenvalue weighted by Crippen LogP contribution is -2.40. The molecule has 130 valence electrons. The van der Waals surface area contributed by atoms with Crippen molar-refractivity contribution in [1.82, 2.24) is 20.4 Å². The van der Waals surface area contributed by atoms with Crippen molar-refractivity contribution in [3.63, 3.8) is 0 Å². The number of carbonyl (C=O) groups excluding carboxylic acids is 2. The largest absolute Gasteiger partial charge is 0.419 e.